The van der Waals surface area contributed by atoms with Crippen molar-refractivity contribution in [2.75, 3.05) is 11.9 Å². The lowest BCUT2D eigenvalue weighted by atomic mass is 10.0. The van der Waals surface area contributed by atoms with Crippen molar-refractivity contribution >= 4 is 15.9 Å². The molecule has 0 N–H and O–H groups in total. The molecule has 1 spiro atoms. The number of hydrogen-bond acceptors (Lipinski definition) is 1. The molecule has 2 heteroatoms. The van der Waals surface area contributed by atoms with Crippen molar-refractivity contribution in [2.24, 2.45) is 11.3 Å². The molecule has 10 heavy (non-hydrogen) atoms. The van der Waals surface area contributed by atoms with E-state index in [2.05, 4.69) is 22.9 Å². The van der Waals surface area contributed by atoms with Gasteiger partial charge in [0.2, 0.25) is 0 Å². The molecule has 0 unspecified atom stereocenters. The Morgan fingerprint density at radius 2 is 2.30 bits per heavy atom. The van der Waals surface area contributed by atoms with Crippen molar-refractivity contribution in [2.45, 2.75) is 25.9 Å². The molecule has 1 heterocycles. The predicted molar refractivity (Wildman–Crippen MR) is 44.4 cm³/mol. The maximum atomic E-state index is 5.60. The van der Waals surface area contributed by atoms with Gasteiger partial charge in [-0.3, -0.25) is 0 Å². The Kier molecular flexibility index (Phi) is 1.57. The zero-order valence-corrected chi connectivity index (χ0v) is 7.86. The van der Waals surface area contributed by atoms with E-state index in [0.717, 1.165) is 17.9 Å². The van der Waals surface area contributed by atoms with Crippen LogP contribution < -0.4 is 0 Å². The van der Waals surface area contributed by atoms with Gasteiger partial charge in [0.1, 0.15) is 0 Å². The molecule has 1 saturated carbocycles. The molecule has 3 atom stereocenters. The average Bonchev–Trinajstić information content (AvgIpc) is 2.43. The summed E-state index contributed by atoms with van der Waals surface area (Å²) in [6.45, 7) is 3.35. The minimum absolute atomic E-state index is 0.505. The monoisotopic (exact) mass is 204 g/mol. The molecule has 1 aliphatic heterocycles. The SMILES string of the molecule is C[C@@H]1C[C@@]12CO[C@@H](CBr)C2. The summed E-state index contributed by atoms with van der Waals surface area (Å²) in [5.74, 6) is 0.927. The lowest BCUT2D eigenvalue weighted by molar-refractivity contribution is 0.121. The van der Waals surface area contributed by atoms with Crippen LogP contribution >= 0.6 is 15.9 Å². The van der Waals surface area contributed by atoms with Gasteiger partial charge in [-0.1, -0.05) is 22.9 Å². The zero-order valence-electron chi connectivity index (χ0n) is 6.27. The highest BCUT2D eigenvalue weighted by Gasteiger charge is 2.55. The highest BCUT2D eigenvalue weighted by Crippen LogP contribution is 2.59. The van der Waals surface area contributed by atoms with Crippen LogP contribution in [0.3, 0.4) is 0 Å². The average molecular weight is 205 g/mol. The molecule has 1 aliphatic carbocycles. The third-order valence-electron chi connectivity index (χ3n) is 3.01. The zero-order chi connectivity index (χ0) is 7.19. The van der Waals surface area contributed by atoms with Gasteiger partial charge in [-0.05, 0) is 24.2 Å². The van der Waals surface area contributed by atoms with Crippen LogP contribution in [0.4, 0.5) is 0 Å². The van der Waals surface area contributed by atoms with Gasteiger partial charge >= 0.3 is 0 Å². The predicted octanol–water partition coefficient (Wildman–Crippen LogP) is 2.20. The fourth-order valence-electron chi connectivity index (χ4n) is 1.99. The van der Waals surface area contributed by atoms with Crippen molar-refractivity contribution in [3.05, 3.63) is 0 Å². The molecule has 1 nitrogen and oxygen atoms in total. The molecule has 0 amide bonds. The first-order chi connectivity index (χ1) is 4.77. The largest absolute Gasteiger partial charge is 0.377 e. The quantitative estimate of drug-likeness (QED) is 0.596. The van der Waals surface area contributed by atoms with Crippen LogP contribution in [0.5, 0.6) is 0 Å². The summed E-state index contributed by atoms with van der Waals surface area (Å²) in [5.41, 5.74) is 0.623. The van der Waals surface area contributed by atoms with Crippen molar-refractivity contribution in [3.8, 4) is 0 Å². The highest BCUT2D eigenvalue weighted by molar-refractivity contribution is 9.09. The van der Waals surface area contributed by atoms with Crippen LogP contribution in [-0.2, 0) is 4.74 Å². The summed E-state index contributed by atoms with van der Waals surface area (Å²) in [4.78, 5) is 0. The first-order valence-electron chi connectivity index (χ1n) is 3.94. The van der Waals surface area contributed by atoms with E-state index in [4.69, 9.17) is 4.74 Å². The van der Waals surface area contributed by atoms with Crippen molar-refractivity contribution in [3.63, 3.8) is 0 Å². The van der Waals surface area contributed by atoms with Gasteiger partial charge in [0.15, 0.2) is 0 Å². The molecule has 0 bridgehead atoms. The van der Waals surface area contributed by atoms with E-state index in [9.17, 15) is 0 Å². The van der Waals surface area contributed by atoms with E-state index >= 15 is 0 Å². The van der Waals surface area contributed by atoms with Gasteiger partial charge < -0.3 is 4.74 Å². The van der Waals surface area contributed by atoms with Crippen molar-refractivity contribution in [1.29, 1.82) is 0 Å². The van der Waals surface area contributed by atoms with Gasteiger partial charge in [0, 0.05) is 5.33 Å². The van der Waals surface area contributed by atoms with Gasteiger partial charge in [-0.2, -0.15) is 0 Å². The summed E-state index contributed by atoms with van der Waals surface area (Å²) in [6.07, 6.45) is 3.19. The van der Waals surface area contributed by atoms with Gasteiger partial charge in [-0.25, -0.2) is 0 Å². The molecule has 0 aromatic heterocycles. The normalized spacial score (nSPS) is 52.2. The van der Waals surface area contributed by atoms with E-state index in [1.807, 2.05) is 0 Å². The fraction of sp³-hybridized carbons (Fsp3) is 1.00. The molecule has 0 radical (unpaired) electrons. The van der Waals surface area contributed by atoms with E-state index < -0.39 is 0 Å². The summed E-state index contributed by atoms with van der Waals surface area (Å²) < 4.78 is 5.60. The third-order valence-corrected chi connectivity index (χ3v) is 3.73. The van der Waals surface area contributed by atoms with Gasteiger partial charge in [0.05, 0.1) is 12.7 Å². The number of ether oxygens (including phenoxy) is 1. The van der Waals surface area contributed by atoms with Gasteiger partial charge in [0.25, 0.3) is 0 Å². The summed E-state index contributed by atoms with van der Waals surface area (Å²) in [5, 5.41) is 1.02. The summed E-state index contributed by atoms with van der Waals surface area (Å²) in [6, 6.07) is 0. The summed E-state index contributed by atoms with van der Waals surface area (Å²) in [7, 11) is 0. The third kappa shape index (κ3) is 0.928. The molecule has 2 aliphatic rings. The second kappa shape index (κ2) is 2.21. The van der Waals surface area contributed by atoms with E-state index in [-0.39, 0.29) is 0 Å². The first kappa shape index (κ1) is 7.11. The molecular formula is C8H13BrO. The van der Waals surface area contributed by atoms with Crippen molar-refractivity contribution < 1.29 is 4.74 Å². The highest BCUT2D eigenvalue weighted by atomic mass is 79.9. The van der Waals surface area contributed by atoms with Crippen LogP contribution in [0.25, 0.3) is 0 Å². The smallest absolute Gasteiger partial charge is 0.0678 e. The minimum atomic E-state index is 0.505. The van der Waals surface area contributed by atoms with E-state index in [1.165, 1.54) is 12.8 Å². The van der Waals surface area contributed by atoms with Gasteiger partial charge in [-0.15, -0.1) is 0 Å². The molecule has 0 aromatic carbocycles. The topological polar surface area (TPSA) is 9.23 Å². The maximum Gasteiger partial charge on any atom is 0.0678 e. The number of hydrogen-bond donors (Lipinski definition) is 0. The molecule has 1 saturated heterocycles. The van der Waals surface area contributed by atoms with E-state index in [0.29, 0.717) is 11.5 Å². The molecule has 2 fully saturated rings. The van der Waals surface area contributed by atoms with E-state index in [1.54, 1.807) is 0 Å². The number of alkyl halides is 1. The number of rotatable bonds is 1. The fourth-order valence-corrected chi connectivity index (χ4v) is 2.41. The summed E-state index contributed by atoms with van der Waals surface area (Å²) >= 11 is 3.45. The Bertz CT molecular complexity index is 148. The number of halogens is 1. The standard InChI is InChI=1S/C8H13BrO/c1-6-2-8(6)3-7(4-9)10-5-8/h6-7H,2-5H2,1H3/t6-,7-,8-/m1/s1. The molecule has 58 valence electrons. The minimum Gasteiger partial charge on any atom is -0.377 e. The Labute approximate surface area is 70.3 Å². The maximum absolute atomic E-state index is 5.60. The Hall–Kier alpha value is 0.440. The van der Waals surface area contributed by atoms with Crippen LogP contribution in [0, 0.1) is 11.3 Å². The van der Waals surface area contributed by atoms with Crippen molar-refractivity contribution in [1.82, 2.24) is 0 Å². The van der Waals surface area contributed by atoms with Crippen LogP contribution in [-0.4, -0.2) is 18.0 Å². The first-order valence-corrected chi connectivity index (χ1v) is 5.06. The van der Waals surface area contributed by atoms with Crippen LogP contribution in [0.1, 0.15) is 19.8 Å². The lowest BCUT2D eigenvalue weighted by Gasteiger charge is -2.02. The second-order valence-corrected chi connectivity index (χ2v) is 4.41. The Morgan fingerprint density at radius 3 is 2.60 bits per heavy atom. The lowest BCUT2D eigenvalue weighted by Crippen LogP contribution is -2.06. The van der Waals surface area contributed by atoms with Crippen LogP contribution in [0.2, 0.25) is 0 Å². The molecule has 2 rings (SSSR count). The van der Waals surface area contributed by atoms with Crippen LogP contribution in [0.15, 0.2) is 0 Å². The molecular weight excluding hydrogens is 192 g/mol. The Morgan fingerprint density at radius 1 is 1.60 bits per heavy atom. The second-order valence-electron chi connectivity index (χ2n) is 3.76. The Balaban J connectivity index is 1.95. The molecule has 0 aromatic rings.